The molecule has 0 bridgehead atoms. The maximum atomic E-state index is 5.44. The molecule has 2 aliphatic rings. The molecule has 160 valence electrons. The molecular formula is C25H29N5O. The second-order valence-corrected chi connectivity index (χ2v) is 7.69. The van der Waals surface area contributed by atoms with Crippen LogP contribution in [0.25, 0.3) is 5.70 Å². The lowest BCUT2D eigenvalue weighted by Gasteiger charge is -2.26. The summed E-state index contributed by atoms with van der Waals surface area (Å²) in [6.45, 7) is 10.7. The van der Waals surface area contributed by atoms with Gasteiger partial charge < -0.3 is 15.4 Å². The zero-order valence-corrected chi connectivity index (χ0v) is 18.0. The van der Waals surface area contributed by atoms with E-state index in [1.165, 1.54) is 11.1 Å². The van der Waals surface area contributed by atoms with Crippen LogP contribution in [0.4, 0.5) is 5.69 Å². The van der Waals surface area contributed by atoms with Crippen LogP contribution in [-0.2, 0) is 11.3 Å². The second kappa shape index (κ2) is 10.2. The van der Waals surface area contributed by atoms with E-state index >= 15 is 0 Å². The summed E-state index contributed by atoms with van der Waals surface area (Å²) < 4.78 is 5.44. The molecule has 1 saturated heterocycles. The van der Waals surface area contributed by atoms with E-state index in [9.17, 15) is 0 Å². The maximum Gasteiger partial charge on any atom is 0.108 e. The number of hydrogen-bond acceptors (Lipinski definition) is 6. The van der Waals surface area contributed by atoms with Crippen molar-refractivity contribution in [3.63, 3.8) is 0 Å². The molecule has 0 atom stereocenters. The lowest BCUT2D eigenvalue weighted by molar-refractivity contribution is 0.0342. The van der Waals surface area contributed by atoms with Gasteiger partial charge in [-0.25, -0.2) is 0 Å². The number of nitrogens with one attached hydrogen (secondary N) is 2. The third-order valence-electron chi connectivity index (χ3n) is 5.45. The van der Waals surface area contributed by atoms with Crippen molar-refractivity contribution in [2.45, 2.75) is 13.5 Å². The summed E-state index contributed by atoms with van der Waals surface area (Å²) in [5.41, 5.74) is 7.48. The van der Waals surface area contributed by atoms with E-state index in [1.807, 2.05) is 12.1 Å². The topological polar surface area (TPSA) is 61.2 Å². The number of hydrogen-bond donors (Lipinski definition) is 2. The van der Waals surface area contributed by atoms with E-state index in [0.717, 1.165) is 61.2 Å². The van der Waals surface area contributed by atoms with Gasteiger partial charge in [0.15, 0.2) is 0 Å². The zero-order valence-electron chi connectivity index (χ0n) is 18.0. The smallest absolute Gasteiger partial charge is 0.108 e. The first-order valence-corrected chi connectivity index (χ1v) is 10.6. The van der Waals surface area contributed by atoms with Crippen molar-refractivity contribution in [2.75, 3.05) is 38.3 Å². The van der Waals surface area contributed by atoms with Gasteiger partial charge in [0.25, 0.3) is 0 Å². The molecule has 2 N–H and O–H groups in total. The molecule has 0 spiro atoms. The van der Waals surface area contributed by atoms with Crippen molar-refractivity contribution in [2.24, 2.45) is 9.98 Å². The van der Waals surface area contributed by atoms with Gasteiger partial charge >= 0.3 is 0 Å². The van der Waals surface area contributed by atoms with Crippen LogP contribution in [0.2, 0.25) is 0 Å². The van der Waals surface area contributed by atoms with Crippen LogP contribution < -0.4 is 10.6 Å². The van der Waals surface area contributed by atoms with Gasteiger partial charge in [-0.3, -0.25) is 14.9 Å². The van der Waals surface area contributed by atoms with Gasteiger partial charge in [0.2, 0.25) is 0 Å². The average molecular weight is 416 g/mol. The molecule has 0 saturated carbocycles. The van der Waals surface area contributed by atoms with Crippen LogP contribution in [-0.4, -0.2) is 50.3 Å². The monoisotopic (exact) mass is 415 g/mol. The fourth-order valence-electron chi connectivity index (χ4n) is 3.81. The molecule has 2 heterocycles. The predicted molar refractivity (Wildman–Crippen MR) is 128 cm³/mol. The minimum atomic E-state index is 0.476. The summed E-state index contributed by atoms with van der Waals surface area (Å²) in [5.74, 6) is 0. The predicted octanol–water partition coefficient (Wildman–Crippen LogP) is 3.82. The highest BCUT2D eigenvalue weighted by Gasteiger charge is 2.18. The number of rotatable bonds is 7. The van der Waals surface area contributed by atoms with Crippen LogP contribution in [0.1, 0.15) is 16.7 Å². The van der Waals surface area contributed by atoms with E-state index in [2.05, 4.69) is 76.6 Å². The van der Waals surface area contributed by atoms with Crippen molar-refractivity contribution >= 4 is 23.8 Å². The Labute approximate surface area is 184 Å². The molecule has 6 heteroatoms. The lowest BCUT2D eigenvalue weighted by Crippen LogP contribution is -2.35. The fraction of sp³-hybridized carbons (Fsp3) is 0.280. The van der Waals surface area contributed by atoms with Crippen LogP contribution in [0.3, 0.4) is 0 Å². The first-order valence-electron chi connectivity index (χ1n) is 10.6. The second-order valence-electron chi connectivity index (χ2n) is 7.69. The minimum Gasteiger partial charge on any atom is -0.379 e. The van der Waals surface area contributed by atoms with Crippen LogP contribution >= 0.6 is 0 Å². The minimum absolute atomic E-state index is 0.476. The number of anilines is 1. The van der Waals surface area contributed by atoms with Crippen molar-refractivity contribution < 1.29 is 4.74 Å². The molecule has 4 rings (SSSR count). The zero-order chi connectivity index (χ0) is 21.5. The van der Waals surface area contributed by atoms with Crippen molar-refractivity contribution in [1.82, 2.24) is 10.2 Å². The first-order chi connectivity index (χ1) is 15.2. The van der Waals surface area contributed by atoms with Gasteiger partial charge in [-0.1, -0.05) is 36.4 Å². The maximum absolute atomic E-state index is 5.44. The SMILES string of the molecule is C=N/C=C1/NC(c2ccccc2C)=C/C1=N/CNc1cccc(CN2CCOCC2)c1. The van der Waals surface area contributed by atoms with Crippen LogP contribution in [0, 0.1) is 6.92 Å². The van der Waals surface area contributed by atoms with Gasteiger partial charge in [0.1, 0.15) is 6.67 Å². The molecule has 0 amide bonds. The molecule has 1 fully saturated rings. The Hall–Kier alpha value is -3.22. The van der Waals surface area contributed by atoms with Crippen LogP contribution in [0.5, 0.6) is 0 Å². The van der Waals surface area contributed by atoms with Gasteiger partial charge in [-0.2, -0.15) is 0 Å². The number of aliphatic imine (C=N–C) groups is 2. The first kappa shape index (κ1) is 21.0. The Morgan fingerprint density at radius 1 is 1.16 bits per heavy atom. The number of morpholine rings is 1. The molecule has 0 unspecified atom stereocenters. The number of aryl methyl sites for hydroxylation is 1. The summed E-state index contributed by atoms with van der Waals surface area (Å²) in [7, 11) is 0. The molecule has 6 nitrogen and oxygen atoms in total. The standard InChI is InChI=1S/C25H29N5O/c1-19-6-3-4-9-22(19)23-15-24(25(29-23)16-26-2)28-18-27-21-8-5-7-20(14-21)17-30-10-12-31-13-11-30/h3-9,14-16,27,29H,2,10-13,17-18H2,1H3/b25-16+,28-24-. The van der Waals surface area contributed by atoms with E-state index in [4.69, 9.17) is 9.73 Å². The van der Waals surface area contributed by atoms with E-state index in [-0.39, 0.29) is 0 Å². The van der Waals surface area contributed by atoms with Gasteiger partial charge in [0.05, 0.1) is 30.8 Å². The molecule has 2 aromatic carbocycles. The number of benzene rings is 2. The molecule has 0 aromatic heterocycles. The highest BCUT2D eigenvalue weighted by atomic mass is 16.5. The van der Waals surface area contributed by atoms with Crippen molar-refractivity contribution in [3.05, 3.63) is 83.2 Å². The van der Waals surface area contributed by atoms with Gasteiger partial charge in [-0.15, -0.1) is 0 Å². The number of ether oxygens (including phenoxy) is 1. The highest BCUT2D eigenvalue weighted by Crippen LogP contribution is 2.23. The molecule has 0 radical (unpaired) electrons. The van der Waals surface area contributed by atoms with Crippen molar-refractivity contribution in [1.29, 1.82) is 0 Å². The highest BCUT2D eigenvalue weighted by molar-refractivity contribution is 6.16. The van der Waals surface area contributed by atoms with Crippen LogP contribution in [0.15, 0.2) is 76.5 Å². The summed E-state index contributed by atoms with van der Waals surface area (Å²) >= 11 is 0. The Morgan fingerprint density at radius 2 is 2.00 bits per heavy atom. The largest absolute Gasteiger partial charge is 0.379 e. The lowest BCUT2D eigenvalue weighted by atomic mass is 10.1. The van der Waals surface area contributed by atoms with Gasteiger partial charge in [0, 0.05) is 36.6 Å². The van der Waals surface area contributed by atoms with Crippen molar-refractivity contribution in [3.8, 4) is 0 Å². The summed E-state index contributed by atoms with van der Waals surface area (Å²) in [6.07, 6.45) is 3.78. The molecule has 0 aliphatic carbocycles. The Kier molecular flexibility index (Phi) is 6.92. The van der Waals surface area contributed by atoms with Gasteiger partial charge in [-0.05, 0) is 43.0 Å². The molecule has 31 heavy (non-hydrogen) atoms. The quantitative estimate of drug-likeness (QED) is 0.675. The molecule has 2 aliphatic heterocycles. The summed E-state index contributed by atoms with van der Waals surface area (Å²) in [5, 5.41) is 6.83. The molecular weight excluding hydrogens is 386 g/mol. The Balaban J connectivity index is 1.43. The average Bonchev–Trinajstić information content (AvgIpc) is 3.18. The third-order valence-corrected chi connectivity index (χ3v) is 5.45. The van der Waals surface area contributed by atoms with E-state index in [0.29, 0.717) is 6.67 Å². The Bertz CT molecular complexity index is 1020. The van der Waals surface area contributed by atoms with E-state index in [1.54, 1.807) is 6.20 Å². The summed E-state index contributed by atoms with van der Waals surface area (Å²) in [4.78, 5) is 11.1. The number of allylic oxidation sites excluding steroid dienone is 1. The Morgan fingerprint density at radius 3 is 2.81 bits per heavy atom. The third kappa shape index (κ3) is 5.48. The fourth-order valence-corrected chi connectivity index (χ4v) is 3.81. The number of nitrogens with zero attached hydrogens (tertiary/aromatic N) is 3. The summed E-state index contributed by atoms with van der Waals surface area (Å²) in [6, 6.07) is 16.8. The van der Waals surface area contributed by atoms with E-state index < -0.39 is 0 Å². The normalized spacial score (nSPS) is 19.3. The molecule has 2 aromatic rings.